The van der Waals surface area contributed by atoms with E-state index in [2.05, 4.69) is 41.7 Å². The van der Waals surface area contributed by atoms with E-state index in [1.165, 1.54) is 28.4 Å². The number of nitrogens with one attached hydrogen (secondary N) is 3. The number of aromatic carboxylic acids is 1. The van der Waals surface area contributed by atoms with Gasteiger partial charge in [-0.05, 0) is 153 Å². The van der Waals surface area contributed by atoms with Crippen LogP contribution in [0.25, 0.3) is 21.3 Å². The van der Waals surface area contributed by atoms with Gasteiger partial charge in [0.25, 0.3) is 17.7 Å². The number of ketones is 2. The predicted octanol–water partition coefficient (Wildman–Crippen LogP) is 8.62. The lowest BCUT2D eigenvalue weighted by Gasteiger charge is -2.58. The minimum atomic E-state index is -1.70. The Bertz CT molecular complexity index is 4210. The number of aromatic nitrogens is 4. The summed E-state index contributed by atoms with van der Waals surface area (Å²) in [6.45, 7) is 13.0. The first-order chi connectivity index (χ1) is 51.0. The van der Waals surface area contributed by atoms with Crippen LogP contribution in [-0.2, 0) is 66.0 Å². The van der Waals surface area contributed by atoms with E-state index in [1.54, 1.807) is 42.6 Å². The number of primary amides is 1. The molecule has 2 saturated carbocycles. The van der Waals surface area contributed by atoms with E-state index in [1.807, 2.05) is 72.8 Å². The van der Waals surface area contributed by atoms with Crippen molar-refractivity contribution in [2.24, 2.45) is 34.3 Å². The van der Waals surface area contributed by atoms with Crippen molar-refractivity contribution in [2.75, 3.05) is 56.2 Å². The second-order valence-electron chi connectivity index (χ2n) is 30.6. The Labute approximate surface area is 626 Å². The van der Waals surface area contributed by atoms with Crippen LogP contribution < -0.4 is 26.6 Å². The van der Waals surface area contributed by atoms with Crippen LogP contribution >= 0.6 is 11.3 Å². The number of unbranched alkanes of at least 4 members (excludes halogenated alkanes) is 2. The number of urea groups is 1. The van der Waals surface area contributed by atoms with Gasteiger partial charge in [0.2, 0.25) is 5.91 Å². The first-order valence-electron chi connectivity index (χ1n) is 37.0. The van der Waals surface area contributed by atoms with E-state index in [4.69, 9.17) is 25.3 Å². The van der Waals surface area contributed by atoms with Crippen LogP contribution in [0.2, 0.25) is 0 Å². The average Bonchev–Trinajstić information content (AvgIpc) is 1.31. The zero-order chi connectivity index (χ0) is 76.9. The van der Waals surface area contributed by atoms with Gasteiger partial charge in [-0.15, -0.1) is 0 Å². The lowest BCUT2D eigenvalue weighted by atomic mass is 9.51. The molecule has 5 heterocycles. The number of anilines is 2. The molecule has 2 aliphatic carbocycles. The third-order valence-electron chi connectivity index (χ3n) is 21.2. The summed E-state index contributed by atoms with van der Waals surface area (Å²) in [4.78, 5) is 132. The van der Waals surface area contributed by atoms with Gasteiger partial charge in [0.15, 0.2) is 16.6 Å². The second kappa shape index (κ2) is 35.6. The largest absolute Gasteiger partial charge is 0.476 e. The Balaban J connectivity index is 0.764. The van der Waals surface area contributed by atoms with E-state index in [-0.39, 0.29) is 123 Å². The number of imide groups is 1. The molecule has 107 heavy (non-hydrogen) atoms. The van der Waals surface area contributed by atoms with Crippen LogP contribution in [0.5, 0.6) is 0 Å². The topological polar surface area (TPSA) is 389 Å². The number of ether oxygens (including phenoxy) is 2. The standard InChI is InChI=1S/C79H101N11O16S/c1-48(2)57(37-54(92)15-8-7-11-31-89-67(96)26-27-68(89)97)72(100)83-60(18-13-30-81-74(80)103)63(94)36-51-20-22-52(23-21-51)43-105-76(104)87(33-29-62(93)70(98)64(95)42-91)34-35-106-79-39-49(3)38-77(5,45-79)44-78(6,46-79)47-90-50(4)58(40-82-90)55-24-25-66(85-69(55)73(101)102)88-32-28-53-14-12-16-56(59(53)41-88)71(99)86-75-84-61-17-9-10-19-65(61)107-75/h9-10,12,14,16-17,19-27,40,48-49,57,60,62,64,70,91,93,95,98H,7-8,11,13,15,18,28-39,41-47H2,1-6H3,(H,83,100)(H,101,102)(H3,80,81,103)(H,84,86,99)/t49?,57-,60-,62-,64-,70+,77?,78?,79?/m1/s1. The van der Waals surface area contributed by atoms with Crippen LogP contribution in [0.3, 0.4) is 0 Å². The molecular formula is C79H101N11O16S. The number of rotatable bonds is 37. The molecule has 574 valence electrons. The molecule has 3 aromatic heterocycles. The highest BCUT2D eigenvalue weighted by Gasteiger charge is 2.56. The first-order valence-corrected chi connectivity index (χ1v) is 37.8. The number of pyridine rings is 1. The zero-order valence-corrected chi connectivity index (χ0v) is 62.6. The molecule has 10 N–H and O–H groups in total. The number of thiazole rings is 1. The van der Waals surface area contributed by atoms with Crippen LogP contribution in [0.4, 0.5) is 20.5 Å². The average molecular weight is 1490 g/mol. The zero-order valence-electron chi connectivity index (χ0n) is 61.8. The minimum Gasteiger partial charge on any atom is -0.476 e. The smallest absolute Gasteiger partial charge is 0.410 e. The van der Waals surface area contributed by atoms with Crippen molar-refractivity contribution in [1.82, 2.24) is 40.2 Å². The van der Waals surface area contributed by atoms with Gasteiger partial charge in [-0.3, -0.25) is 43.7 Å². The van der Waals surface area contributed by atoms with E-state index >= 15 is 0 Å². The van der Waals surface area contributed by atoms with E-state index in [9.17, 15) is 68.7 Å². The molecule has 2 bridgehead atoms. The molecule has 28 heteroatoms. The Morgan fingerprint density at radius 1 is 0.832 bits per heavy atom. The summed E-state index contributed by atoms with van der Waals surface area (Å²) in [5.41, 5.74) is 10.1. The fraction of sp³-hybridized carbons (Fsp3) is 0.519. The third kappa shape index (κ3) is 20.7. The van der Waals surface area contributed by atoms with Gasteiger partial charge in [0.1, 0.15) is 30.4 Å². The number of carbonyl (C=O) groups is 9. The molecule has 0 radical (unpaired) electrons. The van der Waals surface area contributed by atoms with Crippen molar-refractivity contribution >= 4 is 85.8 Å². The van der Waals surface area contributed by atoms with E-state index in [0.29, 0.717) is 103 Å². The number of carboxylic acids is 1. The van der Waals surface area contributed by atoms with Gasteiger partial charge < -0.3 is 61.2 Å². The molecule has 0 spiro atoms. The van der Waals surface area contributed by atoms with Crippen LogP contribution in [-0.4, -0.2) is 184 Å². The summed E-state index contributed by atoms with van der Waals surface area (Å²) in [7, 11) is 0. The Kier molecular flexibility index (Phi) is 26.7. The SMILES string of the molecule is Cc1c(-c2ccc(N3CCc4cccc(C(=O)Nc5nc6ccccc6s5)c4C3)nc2C(=O)O)cnn1CC1(C)CC2(C)CC(C)CC(OCCN(CC[C@@H](O)[C@H](O)[C@H](O)CO)C(=O)OCc3ccc(CC(=O)[C@@H](CCCNC(N)=O)NC(=O)[C@H](CC(=O)CCCCCN4C(=O)C=CC4=O)C(C)C)cc3)(C2)C1. The molecule has 4 unspecified atom stereocenters. The number of Topliss-reactive ketones (excluding diaryl/α,β-unsaturated/α-hetero) is 2. The second-order valence-corrected chi connectivity index (χ2v) is 31.6. The molecule has 10 rings (SSSR count). The van der Waals surface area contributed by atoms with Gasteiger partial charge in [-0.1, -0.05) is 101 Å². The molecule has 2 aliphatic heterocycles. The Morgan fingerprint density at radius 2 is 1.58 bits per heavy atom. The molecule has 2 fully saturated rings. The first kappa shape index (κ1) is 80.2. The maximum absolute atomic E-state index is 14.2. The number of aliphatic hydroxyl groups excluding tert-OH is 4. The maximum Gasteiger partial charge on any atom is 0.410 e. The number of nitrogens with two attached hydrogens (primary N) is 1. The number of aliphatic hydroxyl groups is 4. The summed E-state index contributed by atoms with van der Waals surface area (Å²) in [5.74, 6) is -3.35. The number of hydrogen-bond acceptors (Lipinski definition) is 20. The number of carbonyl (C=O) groups excluding carboxylic acids is 8. The Morgan fingerprint density at radius 3 is 2.30 bits per heavy atom. The fourth-order valence-electron chi connectivity index (χ4n) is 16.5. The van der Waals surface area contributed by atoms with Gasteiger partial charge >= 0.3 is 18.1 Å². The molecule has 6 aromatic rings. The molecule has 4 aliphatic rings. The number of hydrogen-bond donors (Lipinski definition) is 9. The highest BCUT2D eigenvalue weighted by Crippen LogP contribution is 2.60. The highest BCUT2D eigenvalue weighted by atomic mass is 32.1. The molecule has 0 saturated heterocycles. The van der Waals surface area contributed by atoms with Crippen LogP contribution in [0, 0.1) is 35.5 Å². The van der Waals surface area contributed by atoms with Gasteiger partial charge in [0, 0.05) is 106 Å². The number of para-hydroxylation sites is 1. The molecule has 27 nitrogen and oxygen atoms in total. The van der Waals surface area contributed by atoms with Crippen molar-refractivity contribution < 1.29 is 78.2 Å². The van der Waals surface area contributed by atoms with E-state index < -0.39 is 66.5 Å². The molecular weight excluding hydrogens is 1390 g/mol. The fourth-order valence-corrected chi connectivity index (χ4v) is 17.4. The predicted molar refractivity (Wildman–Crippen MR) is 401 cm³/mol. The van der Waals surface area contributed by atoms with Crippen molar-refractivity contribution in [2.45, 2.75) is 188 Å². The number of fused-ring (bicyclic) bond motifs is 4. The number of nitrogens with zero attached hydrogens (tertiary/aromatic N) is 7. The molecule has 9 atom stereocenters. The van der Waals surface area contributed by atoms with Gasteiger partial charge in [-0.25, -0.2) is 24.4 Å². The summed E-state index contributed by atoms with van der Waals surface area (Å²) in [5, 5.41) is 65.8. The van der Waals surface area contributed by atoms with Gasteiger partial charge in [0.05, 0.1) is 47.4 Å². The summed E-state index contributed by atoms with van der Waals surface area (Å²) >= 11 is 1.40. The normalized spacial score (nSPS) is 20.5. The van der Waals surface area contributed by atoms with Crippen molar-refractivity contribution in [3.05, 3.63) is 136 Å². The third-order valence-corrected chi connectivity index (χ3v) is 22.2. The summed E-state index contributed by atoms with van der Waals surface area (Å²) in [6, 6.07) is 22.0. The molecule has 7 amide bonds. The lowest BCUT2D eigenvalue weighted by molar-refractivity contribution is -0.179. The maximum atomic E-state index is 14.2. The number of amides is 7. The van der Waals surface area contributed by atoms with Crippen LogP contribution in [0.1, 0.15) is 167 Å². The lowest BCUT2D eigenvalue weighted by Crippen LogP contribution is -2.55. The summed E-state index contributed by atoms with van der Waals surface area (Å²) < 4.78 is 15.8. The summed E-state index contributed by atoms with van der Waals surface area (Å²) in [6.07, 6.45) is 5.04. The number of carboxylic acid groups (broad SMARTS) is 1. The molecule has 3 aromatic carbocycles. The quantitative estimate of drug-likeness (QED) is 0.0130. The van der Waals surface area contributed by atoms with Gasteiger partial charge in [-0.2, -0.15) is 5.10 Å². The van der Waals surface area contributed by atoms with Crippen LogP contribution in [0.15, 0.2) is 97.2 Å². The van der Waals surface area contributed by atoms with E-state index in [0.717, 1.165) is 57.6 Å². The monoisotopic (exact) mass is 1490 g/mol. The van der Waals surface area contributed by atoms with Crippen molar-refractivity contribution in [3.8, 4) is 11.1 Å². The van der Waals surface area contributed by atoms with Crippen molar-refractivity contribution in [3.63, 3.8) is 0 Å². The number of benzene rings is 3. The highest BCUT2D eigenvalue weighted by molar-refractivity contribution is 7.22. The van der Waals surface area contributed by atoms with Crippen molar-refractivity contribution in [1.29, 1.82) is 0 Å². The Hall–Kier alpha value is -9.32. The minimum absolute atomic E-state index is 0.0157.